The Morgan fingerprint density at radius 2 is 2.12 bits per heavy atom. The van der Waals surface area contributed by atoms with Gasteiger partial charge in [-0.2, -0.15) is 0 Å². The van der Waals surface area contributed by atoms with E-state index in [0.29, 0.717) is 12.2 Å². The Morgan fingerprint density at radius 1 is 1.29 bits per heavy atom. The fraction of sp³-hybridized carbons (Fsp3) is 0.389. The third kappa shape index (κ3) is 2.21. The molecule has 6 heteroatoms. The maximum absolute atomic E-state index is 13.2. The molecule has 124 valence electrons. The van der Waals surface area contributed by atoms with E-state index < -0.39 is 5.54 Å². The molecule has 2 aromatic rings. The number of benzene rings is 1. The normalized spacial score (nSPS) is 23.3. The largest absolute Gasteiger partial charge is 0.359 e. The molecule has 1 spiro atoms. The first kappa shape index (κ1) is 14.9. The molecule has 2 heterocycles. The summed E-state index contributed by atoms with van der Waals surface area (Å²) in [7, 11) is 0. The molecule has 2 aliphatic rings. The van der Waals surface area contributed by atoms with Gasteiger partial charge in [-0.1, -0.05) is 29.4 Å². The van der Waals surface area contributed by atoms with Crippen LogP contribution in [0.3, 0.4) is 0 Å². The number of amides is 3. The molecule has 1 aliphatic heterocycles. The summed E-state index contributed by atoms with van der Waals surface area (Å²) in [6.07, 6.45) is 3.47. The summed E-state index contributed by atoms with van der Waals surface area (Å²) in [5.74, 6) is 0.311. The second-order valence-electron chi connectivity index (χ2n) is 6.53. The van der Waals surface area contributed by atoms with E-state index in [9.17, 15) is 9.59 Å². The van der Waals surface area contributed by atoms with E-state index in [-0.39, 0.29) is 18.5 Å². The lowest BCUT2D eigenvalue weighted by Gasteiger charge is -2.27. The molecule has 3 amide bonds. The average Bonchev–Trinajstić information content (AvgIpc) is 3.01. The summed E-state index contributed by atoms with van der Waals surface area (Å²) in [5.41, 5.74) is 1.85. The van der Waals surface area contributed by atoms with Crippen LogP contribution in [0.5, 0.6) is 0 Å². The SMILES string of the molecule is Cc1cc(CN2C(=O)N[C@]3(CCCCc4ccccc43)C2=O)on1. The van der Waals surface area contributed by atoms with Crippen molar-refractivity contribution in [2.45, 2.75) is 44.7 Å². The second kappa shape index (κ2) is 5.47. The molecule has 1 aliphatic carbocycles. The molecule has 1 fully saturated rings. The minimum absolute atomic E-state index is 0.107. The summed E-state index contributed by atoms with van der Waals surface area (Å²) in [6.45, 7) is 1.91. The van der Waals surface area contributed by atoms with Gasteiger partial charge in [0.2, 0.25) is 0 Å². The minimum Gasteiger partial charge on any atom is -0.359 e. The van der Waals surface area contributed by atoms with Crippen LogP contribution in [0.4, 0.5) is 4.79 Å². The van der Waals surface area contributed by atoms with E-state index in [1.807, 2.05) is 31.2 Å². The van der Waals surface area contributed by atoms with Gasteiger partial charge in [0.25, 0.3) is 5.91 Å². The molecular weight excluding hydrogens is 306 g/mol. The fourth-order valence-electron chi connectivity index (χ4n) is 3.76. The molecule has 1 aromatic carbocycles. The Bertz CT molecular complexity index is 813. The molecule has 1 N–H and O–H groups in total. The van der Waals surface area contributed by atoms with Crippen molar-refractivity contribution in [2.75, 3.05) is 0 Å². The first-order valence-corrected chi connectivity index (χ1v) is 8.25. The van der Waals surface area contributed by atoms with Gasteiger partial charge in [-0.25, -0.2) is 4.79 Å². The Labute approximate surface area is 139 Å². The van der Waals surface area contributed by atoms with Gasteiger partial charge < -0.3 is 9.84 Å². The summed E-state index contributed by atoms with van der Waals surface area (Å²) in [4.78, 5) is 27.0. The maximum atomic E-state index is 13.2. The van der Waals surface area contributed by atoms with Gasteiger partial charge in [-0.15, -0.1) is 0 Å². The van der Waals surface area contributed by atoms with Gasteiger partial charge in [0.15, 0.2) is 5.76 Å². The van der Waals surface area contributed by atoms with Gasteiger partial charge in [0.05, 0.1) is 12.2 Å². The lowest BCUT2D eigenvalue weighted by atomic mass is 9.84. The van der Waals surface area contributed by atoms with Crippen LogP contribution in [0.25, 0.3) is 0 Å². The zero-order valence-corrected chi connectivity index (χ0v) is 13.5. The van der Waals surface area contributed by atoms with Crippen molar-refractivity contribution in [3.05, 3.63) is 52.9 Å². The molecule has 1 saturated heterocycles. The van der Waals surface area contributed by atoms with Crippen LogP contribution >= 0.6 is 0 Å². The molecule has 1 aromatic heterocycles. The highest BCUT2D eigenvalue weighted by atomic mass is 16.5. The van der Waals surface area contributed by atoms with E-state index in [0.717, 1.165) is 36.1 Å². The van der Waals surface area contributed by atoms with Crippen LogP contribution in [-0.4, -0.2) is 22.0 Å². The Kier molecular flexibility index (Phi) is 3.40. The molecule has 0 unspecified atom stereocenters. The Hall–Kier alpha value is -2.63. The van der Waals surface area contributed by atoms with Gasteiger partial charge in [0.1, 0.15) is 5.54 Å². The van der Waals surface area contributed by atoms with Crippen molar-refractivity contribution >= 4 is 11.9 Å². The predicted molar refractivity (Wildman–Crippen MR) is 86.0 cm³/mol. The molecular formula is C18H19N3O3. The third-order valence-electron chi connectivity index (χ3n) is 4.89. The second-order valence-corrected chi connectivity index (χ2v) is 6.53. The Morgan fingerprint density at radius 3 is 2.92 bits per heavy atom. The lowest BCUT2D eigenvalue weighted by molar-refractivity contribution is -0.132. The van der Waals surface area contributed by atoms with Crippen LogP contribution in [0, 0.1) is 6.92 Å². The van der Waals surface area contributed by atoms with E-state index in [1.165, 1.54) is 4.90 Å². The number of fused-ring (bicyclic) bond motifs is 2. The number of carbonyl (C=O) groups is 2. The number of hydrogen-bond acceptors (Lipinski definition) is 4. The number of imide groups is 1. The number of rotatable bonds is 2. The van der Waals surface area contributed by atoms with Gasteiger partial charge in [-0.3, -0.25) is 9.69 Å². The fourth-order valence-corrected chi connectivity index (χ4v) is 3.76. The number of nitrogens with one attached hydrogen (secondary N) is 1. The van der Waals surface area contributed by atoms with Gasteiger partial charge in [0, 0.05) is 6.07 Å². The first-order valence-electron chi connectivity index (χ1n) is 8.25. The van der Waals surface area contributed by atoms with Crippen LogP contribution in [-0.2, 0) is 23.3 Å². The van der Waals surface area contributed by atoms with Crippen molar-refractivity contribution < 1.29 is 14.1 Å². The molecule has 4 rings (SSSR count). The summed E-state index contributed by atoms with van der Waals surface area (Å²) < 4.78 is 5.17. The number of carbonyl (C=O) groups excluding carboxylic acids is 2. The highest BCUT2D eigenvalue weighted by Gasteiger charge is 2.53. The van der Waals surface area contributed by atoms with Crippen LogP contribution in [0.2, 0.25) is 0 Å². The number of urea groups is 1. The smallest absolute Gasteiger partial charge is 0.325 e. The standard InChI is InChI=1S/C18H19N3O3/c1-12-10-14(24-20-12)11-21-16(22)18(19-17(21)23)9-5-4-7-13-6-2-3-8-15(13)18/h2-3,6,8,10H,4-5,7,9,11H2,1H3,(H,19,23)/t18-/m0/s1. The first-order chi connectivity index (χ1) is 11.6. The van der Waals surface area contributed by atoms with Crippen molar-refractivity contribution in [1.82, 2.24) is 15.4 Å². The molecule has 1 atom stereocenters. The highest BCUT2D eigenvalue weighted by Crippen LogP contribution is 2.39. The van der Waals surface area contributed by atoms with Crippen LogP contribution in [0.1, 0.15) is 41.8 Å². The zero-order valence-electron chi connectivity index (χ0n) is 13.5. The summed E-state index contributed by atoms with van der Waals surface area (Å²) in [5, 5.41) is 6.79. The summed E-state index contributed by atoms with van der Waals surface area (Å²) >= 11 is 0. The number of aromatic nitrogens is 1. The molecule has 0 radical (unpaired) electrons. The molecule has 0 saturated carbocycles. The monoisotopic (exact) mass is 325 g/mol. The van der Waals surface area contributed by atoms with E-state index in [4.69, 9.17) is 4.52 Å². The average molecular weight is 325 g/mol. The van der Waals surface area contributed by atoms with E-state index in [2.05, 4.69) is 10.5 Å². The van der Waals surface area contributed by atoms with Crippen LogP contribution in [0.15, 0.2) is 34.9 Å². The number of hydrogen-bond donors (Lipinski definition) is 1. The maximum Gasteiger partial charge on any atom is 0.325 e. The van der Waals surface area contributed by atoms with Crippen molar-refractivity contribution in [3.8, 4) is 0 Å². The summed E-state index contributed by atoms with van der Waals surface area (Å²) in [6, 6.07) is 9.28. The predicted octanol–water partition coefficient (Wildman–Crippen LogP) is 2.66. The molecule has 24 heavy (non-hydrogen) atoms. The third-order valence-corrected chi connectivity index (χ3v) is 4.89. The Balaban J connectivity index is 1.72. The number of nitrogens with zero attached hydrogens (tertiary/aromatic N) is 2. The lowest BCUT2D eigenvalue weighted by Crippen LogP contribution is -2.44. The molecule has 6 nitrogen and oxygen atoms in total. The van der Waals surface area contributed by atoms with Crippen molar-refractivity contribution in [2.24, 2.45) is 0 Å². The van der Waals surface area contributed by atoms with E-state index in [1.54, 1.807) is 6.07 Å². The van der Waals surface area contributed by atoms with Crippen LogP contribution < -0.4 is 5.32 Å². The van der Waals surface area contributed by atoms with E-state index >= 15 is 0 Å². The molecule has 0 bridgehead atoms. The highest BCUT2D eigenvalue weighted by molar-refractivity contribution is 6.07. The minimum atomic E-state index is -0.945. The van der Waals surface area contributed by atoms with Crippen molar-refractivity contribution in [3.63, 3.8) is 0 Å². The number of aryl methyl sites for hydroxylation is 2. The zero-order chi connectivity index (χ0) is 16.7. The van der Waals surface area contributed by atoms with Crippen molar-refractivity contribution in [1.29, 1.82) is 0 Å². The van der Waals surface area contributed by atoms with Gasteiger partial charge >= 0.3 is 6.03 Å². The van der Waals surface area contributed by atoms with Gasteiger partial charge in [-0.05, 0) is 43.7 Å². The quantitative estimate of drug-likeness (QED) is 0.861. The topological polar surface area (TPSA) is 75.4 Å².